The molecule has 1 aromatic rings. The average Bonchev–Trinajstić information content (AvgIpc) is 2.40. The van der Waals surface area contributed by atoms with Crippen LogP contribution in [0.4, 0.5) is 0 Å². The van der Waals surface area contributed by atoms with E-state index in [-0.39, 0.29) is 5.91 Å². The first-order valence-corrected chi connectivity index (χ1v) is 8.45. The average molecular weight is 296 g/mol. The zero-order valence-electron chi connectivity index (χ0n) is 12.1. The number of carbonyl (C=O) groups is 1. The lowest BCUT2D eigenvalue weighted by molar-refractivity contribution is 0.0697. The Bertz CT molecular complexity index is 617. The molecular weight excluding hydrogens is 276 g/mol. The summed E-state index contributed by atoms with van der Waals surface area (Å²) in [5.74, 6) is -0.0145. The summed E-state index contributed by atoms with van der Waals surface area (Å²) < 4.78 is 24.3. The lowest BCUT2D eigenvalue weighted by atomic mass is 10.0. The fraction of sp³-hybridized carbons (Fsp3) is 0.500. The molecule has 0 unspecified atom stereocenters. The Kier molecular flexibility index (Phi) is 4.15. The van der Waals surface area contributed by atoms with E-state index < -0.39 is 10.0 Å². The number of rotatable bonds is 2. The van der Waals surface area contributed by atoms with Gasteiger partial charge in [-0.15, -0.1) is 0 Å². The van der Waals surface area contributed by atoms with Crippen molar-refractivity contribution in [3.8, 4) is 0 Å². The number of sulfonamides is 1. The molecule has 1 aromatic carbocycles. The molecule has 0 saturated carbocycles. The van der Waals surface area contributed by atoms with Crippen molar-refractivity contribution in [1.29, 1.82) is 0 Å². The maximum Gasteiger partial charge on any atom is 0.254 e. The van der Waals surface area contributed by atoms with Gasteiger partial charge in [0.15, 0.2) is 0 Å². The maximum absolute atomic E-state index is 12.5. The molecule has 1 aliphatic heterocycles. The Morgan fingerprint density at radius 2 is 1.70 bits per heavy atom. The zero-order valence-corrected chi connectivity index (χ0v) is 12.9. The van der Waals surface area contributed by atoms with Gasteiger partial charge in [0.05, 0.1) is 6.26 Å². The van der Waals surface area contributed by atoms with Crippen LogP contribution in [0.2, 0.25) is 0 Å². The molecule has 1 heterocycles. The van der Waals surface area contributed by atoms with Gasteiger partial charge in [-0.25, -0.2) is 8.42 Å². The van der Waals surface area contributed by atoms with Gasteiger partial charge in [-0.3, -0.25) is 4.79 Å². The highest BCUT2D eigenvalue weighted by atomic mass is 32.2. The van der Waals surface area contributed by atoms with Crippen LogP contribution in [-0.4, -0.2) is 56.0 Å². The van der Waals surface area contributed by atoms with Crippen LogP contribution in [0.5, 0.6) is 0 Å². The van der Waals surface area contributed by atoms with Crippen molar-refractivity contribution < 1.29 is 13.2 Å². The summed E-state index contributed by atoms with van der Waals surface area (Å²) in [6, 6.07) is 5.81. The van der Waals surface area contributed by atoms with Gasteiger partial charge in [-0.1, -0.05) is 17.7 Å². The van der Waals surface area contributed by atoms with E-state index in [1.807, 2.05) is 32.0 Å². The van der Waals surface area contributed by atoms with Crippen molar-refractivity contribution in [2.24, 2.45) is 0 Å². The first kappa shape index (κ1) is 15.0. The zero-order chi connectivity index (χ0) is 14.9. The first-order valence-electron chi connectivity index (χ1n) is 6.60. The molecule has 0 atom stereocenters. The number of carbonyl (C=O) groups excluding carboxylic acids is 1. The highest BCUT2D eigenvalue weighted by Gasteiger charge is 2.27. The molecule has 0 bridgehead atoms. The summed E-state index contributed by atoms with van der Waals surface area (Å²) in [5.41, 5.74) is 2.71. The van der Waals surface area contributed by atoms with E-state index in [4.69, 9.17) is 0 Å². The molecule has 5 nitrogen and oxygen atoms in total. The molecule has 1 saturated heterocycles. The largest absolute Gasteiger partial charge is 0.336 e. The molecule has 0 N–H and O–H groups in total. The Hall–Kier alpha value is -1.40. The Balaban J connectivity index is 2.11. The van der Waals surface area contributed by atoms with Crippen molar-refractivity contribution in [3.63, 3.8) is 0 Å². The standard InChI is InChI=1S/C14H20N2O3S/c1-11-4-5-12(2)13(10-11)14(17)15-6-8-16(9-7-15)20(3,18)19/h4-5,10H,6-9H2,1-3H3. The number of aryl methyl sites for hydroxylation is 2. The van der Waals surface area contributed by atoms with Gasteiger partial charge in [0.1, 0.15) is 0 Å². The third kappa shape index (κ3) is 3.19. The van der Waals surface area contributed by atoms with E-state index in [1.54, 1.807) is 4.90 Å². The predicted molar refractivity (Wildman–Crippen MR) is 78.2 cm³/mol. The van der Waals surface area contributed by atoms with Gasteiger partial charge < -0.3 is 4.90 Å². The molecule has 1 fully saturated rings. The molecule has 110 valence electrons. The Morgan fingerprint density at radius 3 is 2.25 bits per heavy atom. The van der Waals surface area contributed by atoms with Gasteiger partial charge in [-0.05, 0) is 25.5 Å². The van der Waals surface area contributed by atoms with Crippen LogP contribution in [0.1, 0.15) is 21.5 Å². The summed E-state index contributed by atoms with van der Waals surface area (Å²) >= 11 is 0. The van der Waals surface area contributed by atoms with Crippen molar-refractivity contribution >= 4 is 15.9 Å². The molecule has 6 heteroatoms. The van der Waals surface area contributed by atoms with Crippen LogP contribution in [0.3, 0.4) is 0 Å². The molecule has 0 aliphatic carbocycles. The minimum absolute atomic E-state index is 0.0145. The molecule has 0 radical (unpaired) electrons. The fourth-order valence-corrected chi connectivity index (χ4v) is 3.19. The van der Waals surface area contributed by atoms with E-state index in [1.165, 1.54) is 10.6 Å². The van der Waals surface area contributed by atoms with Crippen LogP contribution >= 0.6 is 0 Å². The molecule has 0 spiro atoms. The second-order valence-electron chi connectivity index (χ2n) is 5.27. The lowest BCUT2D eigenvalue weighted by Crippen LogP contribution is -2.50. The van der Waals surface area contributed by atoms with Crippen molar-refractivity contribution in [3.05, 3.63) is 34.9 Å². The monoisotopic (exact) mass is 296 g/mol. The quantitative estimate of drug-likeness (QED) is 0.819. The lowest BCUT2D eigenvalue weighted by Gasteiger charge is -2.33. The van der Waals surface area contributed by atoms with Crippen molar-refractivity contribution in [2.75, 3.05) is 32.4 Å². The van der Waals surface area contributed by atoms with E-state index in [0.29, 0.717) is 31.7 Å². The summed E-state index contributed by atoms with van der Waals surface area (Å²) in [5, 5.41) is 0. The second-order valence-corrected chi connectivity index (χ2v) is 7.26. The summed E-state index contributed by atoms with van der Waals surface area (Å²) in [4.78, 5) is 14.2. The van der Waals surface area contributed by atoms with Crippen LogP contribution in [0.15, 0.2) is 18.2 Å². The summed E-state index contributed by atoms with van der Waals surface area (Å²) in [7, 11) is -3.16. The predicted octanol–water partition coefficient (Wildman–Crippen LogP) is 1.02. The number of hydrogen-bond acceptors (Lipinski definition) is 3. The van der Waals surface area contributed by atoms with Crippen molar-refractivity contribution in [1.82, 2.24) is 9.21 Å². The molecule has 2 rings (SSSR count). The van der Waals surface area contributed by atoms with E-state index in [0.717, 1.165) is 11.1 Å². The summed E-state index contributed by atoms with van der Waals surface area (Å²) in [6.45, 7) is 5.50. The number of piperazine rings is 1. The smallest absolute Gasteiger partial charge is 0.254 e. The normalized spacial score (nSPS) is 17.2. The highest BCUT2D eigenvalue weighted by molar-refractivity contribution is 7.88. The minimum atomic E-state index is -3.16. The van der Waals surface area contributed by atoms with E-state index in [2.05, 4.69) is 0 Å². The van der Waals surface area contributed by atoms with Gasteiger partial charge in [-0.2, -0.15) is 4.31 Å². The Morgan fingerprint density at radius 1 is 1.10 bits per heavy atom. The molecule has 1 amide bonds. The van der Waals surface area contributed by atoms with Crippen LogP contribution < -0.4 is 0 Å². The molecule has 0 aromatic heterocycles. The van der Waals surface area contributed by atoms with Crippen LogP contribution in [-0.2, 0) is 10.0 Å². The van der Waals surface area contributed by atoms with Gasteiger partial charge in [0, 0.05) is 31.7 Å². The topological polar surface area (TPSA) is 57.7 Å². The maximum atomic E-state index is 12.5. The summed E-state index contributed by atoms with van der Waals surface area (Å²) in [6.07, 6.45) is 1.20. The molecule has 20 heavy (non-hydrogen) atoms. The number of hydrogen-bond donors (Lipinski definition) is 0. The van der Waals surface area contributed by atoms with Crippen molar-refractivity contribution in [2.45, 2.75) is 13.8 Å². The highest BCUT2D eigenvalue weighted by Crippen LogP contribution is 2.15. The van der Waals surface area contributed by atoms with Crippen LogP contribution in [0, 0.1) is 13.8 Å². The van der Waals surface area contributed by atoms with Gasteiger partial charge >= 0.3 is 0 Å². The number of nitrogens with zero attached hydrogens (tertiary/aromatic N) is 2. The number of amides is 1. The van der Waals surface area contributed by atoms with E-state index >= 15 is 0 Å². The second kappa shape index (κ2) is 5.54. The fourth-order valence-electron chi connectivity index (χ4n) is 2.36. The SMILES string of the molecule is Cc1ccc(C)c(C(=O)N2CCN(S(C)(=O)=O)CC2)c1. The minimum Gasteiger partial charge on any atom is -0.336 e. The first-order chi connectivity index (χ1) is 9.29. The van der Waals surface area contributed by atoms with Gasteiger partial charge in [0.25, 0.3) is 5.91 Å². The third-order valence-corrected chi connectivity index (χ3v) is 4.92. The molecular formula is C14H20N2O3S. The van der Waals surface area contributed by atoms with Crippen LogP contribution in [0.25, 0.3) is 0 Å². The van der Waals surface area contributed by atoms with E-state index in [9.17, 15) is 13.2 Å². The third-order valence-electron chi connectivity index (χ3n) is 3.62. The Labute approximate surface area is 120 Å². The van der Waals surface area contributed by atoms with Gasteiger partial charge in [0.2, 0.25) is 10.0 Å². The molecule has 1 aliphatic rings. The number of benzene rings is 1.